The van der Waals surface area contributed by atoms with E-state index in [4.69, 9.17) is 4.74 Å². The highest BCUT2D eigenvalue weighted by Crippen LogP contribution is 2.35. The largest absolute Gasteiger partial charge is 0.496 e. The summed E-state index contributed by atoms with van der Waals surface area (Å²) in [5, 5.41) is 3.42. The van der Waals surface area contributed by atoms with Crippen LogP contribution in [0, 0.1) is 13.8 Å². The lowest BCUT2D eigenvalue weighted by Crippen LogP contribution is -2.20. The summed E-state index contributed by atoms with van der Waals surface area (Å²) < 4.78 is 5.68. The Morgan fingerprint density at radius 1 is 1.19 bits per heavy atom. The van der Waals surface area contributed by atoms with Crippen molar-refractivity contribution in [3.63, 3.8) is 0 Å². The van der Waals surface area contributed by atoms with Crippen LogP contribution in [0.1, 0.15) is 40.8 Å². The zero-order chi connectivity index (χ0) is 15.4. The molecule has 1 heterocycles. The average Bonchev–Trinajstić information content (AvgIpc) is 2.52. The summed E-state index contributed by atoms with van der Waals surface area (Å²) in [4.78, 5) is 4.24. The summed E-state index contributed by atoms with van der Waals surface area (Å²) >= 11 is 0. The van der Waals surface area contributed by atoms with Crippen molar-refractivity contribution in [3.05, 3.63) is 58.4 Å². The van der Waals surface area contributed by atoms with Crippen LogP contribution in [0.4, 0.5) is 0 Å². The molecule has 0 aliphatic rings. The fourth-order valence-corrected chi connectivity index (χ4v) is 2.80. The molecule has 0 spiro atoms. The normalized spacial score (nSPS) is 12.2. The van der Waals surface area contributed by atoms with Crippen LogP contribution in [0.15, 0.2) is 30.6 Å². The van der Waals surface area contributed by atoms with E-state index in [1.807, 2.05) is 19.4 Å². The van der Waals surface area contributed by atoms with Crippen molar-refractivity contribution < 1.29 is 4.74 Å². The van der Waals surface area contributed by atoms with Gasteiger partial charge in [-0.15, -0.1) is 0 Å². The van der Waals surface area contributed by atoms with E-state index in [-0.39, 0.29) is 6.04 Å². The standard InChI is InChI=1S/C18H24N2O/c1-6-14-11-20-10-9-15(14)17(19-4)16-8-7-12(2)13(3)18(16)21-5/h7-11,17,19H,6H2,1-5H3. The monoisotopic (exact) mass is 284 g/mol. The predicted octanol–water partition coefficient (Wildman–Crippen LogP) is 3.58. The van der Waals surface area contributed by atoms with E-state index < -0.39 is 0 Å². The Morgan fingerprint density at radius 2 is 1.95 bits per heavy atom. The Kier molecular flexibility index (Phi) is 4.97. The highest BCUT2D eigenvalue weighted by Gasteiger charge is 2.20. The molecule has 0 aliphatic heterocycles. The second-order valence-electron chi connectivity index (χ2n) is 5.28. The number of pyridine rings is 1. The Hall–Kier alpha value is -1.87. The van der Waals surface area contributed by atoms with Gasteiger partial charge in [-0.1, -0.05) is 19.1 Å². The van der Waals surface area contributed by atoms with Crippen LogP contribution in [-0.2, 0) is 6.42 Å². The minimum atomic E-state index is 0.109. The molecule has 1 N–H and O–H groups in total. The molecule has 1 aromatic carbocycles. The van der Waals surface area contributed by atoms with Crippen molar-refractivity contribution in [2.45, 2.75) is 33.2 Å². The van der Waals surface area contributed by atoms with Crippen LogP contribution in [-0.4, -0.2) is 19.1 Å². The summed E-state index contributed by atoms with van der Waals surface area (Å²) in [7, 11) is 3.73. The van der Waals surface area contributed by atoms with Gasteiger partial charge in [-0.25, -0.2) is 0 Å². The maximum absolute atomic E-state index is 5.68. The topological polar surface area (TPSA) is 34.2 Å². The lowest BCUT2D eigenvalue weighted by atomic mass is 9.92. The number of hydrogen-bond acceptors (Lipinski definition) is 3. The van der Waals surface area contributed by atoms with Gasteiger partial charge in [0.05, 0.1) is 13.2 Å². The van der Waals surface area contributed by atoms with Crippen molar-refractivity contribution in [2.75, 3.05) is 14.2 Å². The smallest absolute Gasteiger partial charge is 0.127 e. The van der Waals surface area contributed by atoms with Crippen LogP contribution < -0.4 is 10.1 Å². The van der Waals surface area contributed by atoms with Gasteiger partial charge < -0.3 is 10.1 Å². The van der Waals surface area contributed by atoms with Crippen molar-refractivity contribution in [1.82, 2.24) is 10.3 Å². The van der Waals surface area contributed by atoms with Crippen LogP contribution >= 0.6 is 0 Å². The van der Waals surface area contributed by atoms with E-state index in [0.29, 0.717) is 0 Å². The Bertz CT molecular complexity index is 623. The molecule has 1 aromatic heterocycles. The molecule has 0 saturated carbocycles. The third-order valence-electron chi connectivity index (χ3n) is 4.14. The van der Waals surface area contributed by atoms with Crippen LogP contribution in [0.25, 0.3) is 0 Å². The van der Waals surface area contributed by atoms with E-state index in [1.165, 1.54) is 27.8 Å². The van der Waals surface area contributed by atoms with Gasteiger partial charge in [-0.3, -0.25) is 4.98 Å². The van der Waals surface area contributed by atoms with E-state index in [1.54, 1.807) is 7.11 Å². The maximum atomic E-state index is 5.68. The van der Waals surface area contributed by atoms with Crippen molar-refractivity contribution >= 4 is 0 Å². The first kappa shape index (κ1) is 15.5. The molecule has 0 fully saturated rings. The van der Waals surface area contributed by atoms with Gasteiger partial charge in [0.1, 0.15) is 5.75 Å². The molecule has 3 heteroatoms. The van der Waals surface area contributed by atoms with Crippen LogP contribution in [0.3, 0.4) is 0 Å². The van der Waals surface area contributed by atoms with Gasteiger partial charge in [0.2, 0.25) is 0 Å². The molecule has 1 unspecified atom stereocenters. The molecular weight excluding hydrogens is 260 g/mol. The van der Waals surface area contributed by atoms with E-state index >= 15 is 0 Å². The molecule has 2 aromatic rings. The van der Waals surface area contributed by atoms with Gasteiger partial charge in [0, 0.05) is 18.0 Å². The number of ether oxygens (including phenoxy) is 1. The third kappa shape index (κ3) is 2.93. The van der Waals surface area contributed by atoms with Crippen LogP contribution in [0.2, 0.25) is 0 Å². The number of benzene rings is 1. The van der Waals surface area contributed by atoms with E-state index in [2.05, 4.69) is 49.3 Å². The number of aromatic nitrogens is 1. The number of nitrogens with zero attached hydrogens (tertiary/aromatic N) is 1. The first-order valence-electron chi connectivity index (χ1n) is 7.38. The second kappa shape index (κ2) is 6.72. The van der Waals surface area contributed by atoms with E-state index in [9.17, 15) is 0 Å². The van der Waals surface area contributed by atoms with Crippen molar-refractivity contribution in [1.29, 1.82) is 0 Å². The third-order valence-corrected chi connectivity index (χ3v) is 4.14. The molecule has 2 rings (SSSR count). The molecule has 0 saturated heterocycles. The lowest BCUT2D eigenvalue weighted by Gasteiger charge is -2.23. The summed E-state index contributed by atoms with van der Waals surface area (Å²) in [5.74, 6) is 0.966. The van der Waals surface area contributed by atoms with Gasteiger partial charge in [-0.05, 0) is 55.6 Å². The predicted molar refractivity (Wildman–Crippen MR) is 87.0 cm³/mol. The number of hydrogen-bond donors (Lipinski definition) is 1. The Labute approximate surface area is 127 Å². The number of nitrogens with one attached hydrogen (secondary N) is 1. The maximum Gasteiger partial charge on any atom is 0.127 e. The lowest BCUT2D eigenvalue weighted by molar-refractivity contribution is 0.401. The molecule has 0 bridgehead atoms. The minimum absolute atomic E-state index is 0.109. The van der Waals surface area contributed by atoms with E-state index in [0.717, 1.165) is 12.2 Å². The molecule has 112 valence electrons. The summed E-state index contributed by atoms with van der Waals surface area (Å²) in [6, 6.07) is 6.51. The number of methoxy groups -OCH3 is 1. The highest BCUT2D eigenvalue weighted by molar-refractivity contribution is 5.50. The SMILES string of the molecule is CCc1cnccc1C(NC)c1ccc(C)c(C)c1OC. The molecule has 0 radical (unpaired) electrons. The van der Waals surface area contributed by atoms with Crippen molar-refractivity contribution in [3.8, 4) is 5.75 Å². The second-order valence-corrected chi connectivity index (χ2v) is 5.28. The molecule has 21 heavy (non-hydrogen) atoms. The van der Waals surface area contributed by atoms with Gasteiger partial charge in [0.15, 0.2) is 0 Å². The number of rotatable bonds is 5. The zero-order valence-electron chi connectivity index (χ0n) is 13.5. The molecular formula is C18H24N2O. The van der Waals surface area contributed by atoms with Crippen molar-refractivity contribution in [2.24, 2.45) is 0 Å². The Morgan fingerprint density at radius 3 is 2.57 bits per heavy atom. The zero-order valence-corrected chi connectivity index (χ0v) is 13.5. The fourth-order valence-electron chi connectivity index (χ4n) is 2.80. The highest BCUT2D eigenvalue weighted by atomic mass is 16.5. The minimum Gasteiger partial charge on any atom is -0.496 e. The molecule has 3 nitrogen and oxygen atoms in total. The molecule has 0 aliphatic carbocycles. The summed E-state index contributed by atoms with van der Waals surface area (Å²) in [5.41, 5.74) is 6.14. The first-order chi connectivity index (χ1) is 10.1. The first-order valence-corrected chi connectivity index (χ1v) is 7.38. The van der Waals surface area contributed by atoms with Gasteiger partial charge in [-0.2, -0.15) is 0 Å². The van der Waals surface area contributed by atoms with Crippen LogP contribution in [0.5, 0.6) is 5.75 Å². The summed E-state index contributed by atoms with van der Waals surface area (Å²) in [6.07, 6.45) is 4.77. The van der Waals surface area contributed by atoms with Gasteiger partial charge >= 0.3 is 0 Å². The fraction of sp³-hybridized carbons (Fsp3) is 0.389. The molecule has 1 atom stereocenters. The Balaban J connectivity index is 2.59. The summed E-state index contributed by atoms with van der Waals surface area (Å²) in [6.45, 7) is 6.38. The molecule has 0 amide bonds. The quantitative estimate of drug-likeness (QED) is 0.911. The number of aryl methyl sites for hydroxylation is 2. The van der Waals surface area contributed by atoms with Gasteiger partial charge in [0.25, 0.3) is 0 Å². The average molecular weight is 284 g/mol.